The highest BCUT2D eigenvalue weighted by Gasteiger charge is 2.21. The topological polar surface area (TPSA) is 104 Å². The van der Waals surface area contributed by atoms with E-state index in [9.17, 15) is 0 Å². The molecule has 0 spiro atoms. The third-order valence-electron chi connectivity index (χ3n) is 5.30. The van der Waals surface area contributed by atoms with Gasteiger partial charge in [0.2, 0.25) is 5.95 Å². The van der Waals surface area contributed by atoms with Gasteiger partial charge in [0, 0.05) is 30.9 Å². The SMILES string of the molecule is CNc1nc(Nc2ccc(-n3cnc(C)c3)c(OC)c2)nc2c1cnn2CC1COC1. The maximum absolute atomic E-state index is 5.60. The molecule has 1 fully saturated rings. The maximum Gasteiger partial charge on any atom is 0.231 e. The van der Waals surface area contributed by atoms with E-state index in [1.165, 1.54) is 0 Å². The number of rotatable bonds is 7. The van der Waals surface area contributed by atoms with Crippen LogP contribution in [-0.4, -0.2) is 56.7 Å². The number of ether oxygens (including phenoxy) is 2. The number of hydrogen-bond acceptors (Lipinski definition) is 8. The summed E-state index contributed by atoms with van der Waals surface area (Å²) < 4.78 is 14.7. The zero-order valence-corrected chi connectivity index (χ0v) is 17.7. The monoisotopic (exact) mass is 420 g/mol. The lowest BCUT2D eigenvalue weighted by molar-refractivity contribution is -0.0403. The van der Waals surface area contributed by atoms with Crippen LogP contribution in [0.2, 0.25) is 0 Å². The number of aromatic nitrogens is 6. The minimum atomic E-state index is 0.469. The van der Waals surface area contributed by atoms with Crippen LogP contribution in [0.25, 0.3) is 16.7 Å². The normalized spacial score (nSPS) is 13.9. The Morgan fingerprint density at radius 3 is 2.81 bits per heavy atom. The molecule has 0 unspecified atom stereocenters. The molecule has 10 nitrogen and oxygen atoms in total. The second-order valence-electron chi connectivity index (χ2n) is 7.55. The number of nitrogens with one attached hydrogen (secondary N) is 2. The van der Waals surface area contributed by atoms with Crippen LogP contribution in [0.4, 0.5) is 17.5 Å². The molecule has 1 aliphatic rings. The van der Waals surface area contributed by atoms with Crippen molar-refractivity contribution in [2.24, 2.45) is 5.92 Å². The highest BCUT2D eigenvalue weighted by atomic mass is 16.5. The first kappa shape index (κ1) is 19.3. The van der Waals surface area contributed by atoms with Gasteiger partial charge in [0.1, 0.15) is 11.6 Å². The molecule has 0 amide bonds. The van der Waals surface area contributed by atoms with Gasteiger partial charge >= 0.3 is 0 Å². The molecule has 1 aromatic carbocycles. The number of aryl methyl sites for hydroxylation is 1. The van der Waals surface area contributed by atoms with E-state index in [0.717, 1.165) is 53.7 Å². The number of nitrogens with zero attached hydrogens (tertiary/aromatic N) is 6. The van der Waals surface area contributed by atoms with E-state index in [-0.39, 0.29) is 0 Å². The van der Waals surface area contributed by atoms with Gasteiger partial charge in [0.05, 0.1) is 56.2 Å². The second-order valence-corrected chi connectivity index (χ2v) is 7.55. The Labute approximate surface area is 179 Å². The third-order valence-corrected chi connectivity index (χ3v) is 5.30. The average Bonchev–Trinajstić information content (AvgIpc) is 3.36. The summed E-state index contributed by atoms with van der Waals surface area (Å²) >= 11 is 0. The Bertz CT molecular complexity index is 1230. The number of fused-ring (bicyclic) bond motifs is 1. The molecule has 1 aliphatic heterocycles. The van der Waals surface area contributed by atoms with Crippen molar-refractivity contribution in [3.63, 3.8) is 0 Å². The van der Waals surface area contributed by atoms with E-state index in [0.29, 0.717) is 17.6 Å². The standard InChI is InChI=1S/C21H24N8O2/c1-13-8-28(12-23-13)17-5-4-15(6-18(17)30-3)25-21-26-19(22-2)16-7-24-29(20(16)27-21)9-14-10-31-11-14/h4-8,12,14H,9-11H2,1-3H3,(H2,22,25,26,27). The van der Waals surface area contributed by atoms with Crippen LogP contribution >= 0.6 is 0 Å². The van der Waals surface area contributed by atoms with Gasteiger partial charge in [-0.25, -0.2) is 9.67 Å². The largest absolute Gasteiger partial charge is 0.494 e. The van der Waals surface area contributed by atoms with Gasteiger partial charge < -0.3 is 24.7 Å². The second kappa shape index (κ2) is 7.88. The number of benzene rings is 1. The van der Waals surface area contributed by atoms with Crippen molar-refractivity contribution in [2.75, 3.05) is 38.0 Å². The van der Waals surface area contributed by atoms with Crippen LogP contribution in [0.15, 0.2) is 36.9 Å². The van der Waals surface area contributed by atoms with E-state index in [1.807, 2.05) is 47.6 Å². The molecule has 0 atom stereocenters. The van der Waals surface area contributed by atoms with Gasteiger partial charge in [-0.1, -0.05) is 0 Å². The first-order valence-corrected chi connectivity index (χ1v) is 10.1. The predicted molar refractivity (Wildman–Crippen MR) is 117 cm³/mol. The summed E-state index contributed by atoms with van der Waals surface area (Å²) in [5, 5.41) is 11.8. The summed E-state index contributed by atoms with van der Waals surface area (Å²) in [4.78, 5) is 13.6. The summed E-state index contributed by atoms with van der Waals surface area (Å²) in [5.41, 5.74) is 3.45. The number of methoxy groups -OCH3 is 1. The molecule has 2 N–H and O–H groups in total. The fourth-order valence-corrected chi connectivity index (χ4v) is 3.62. The zero-order valence-electron chi connectivity index (χ0n) is 17.7. The molecule has 0 bridgehead atoms. The van der Waals surface area contributed by atoms with Crippen LogP contribution in [-0.2, 0) is 11.3 Å². The summed E-state index contributed by atoms with van der Waals surface area (Å²) in [6.45, 7) is 4.25. The molecule has 160 valence electrons. The average molecular weight is 420 g/mol. The van der Waals surface area contributed by atoms with Gasteiger partial charge in [-0.05, 0) is 19.1 Å². The van der Waals surface area contributed by atoms with Crippen molar-refractivity contribution >= 4 is 28.5 Å². The van der Waals surface area contributed by atoms with E-state index in [2.05, 4.69) is 25.7 Å². The fraction of sp³-hybridized carbons (Fsp3) is 0.333. The Morgan fingerprint density at radius 1 is 1.26 bits per heavy atom. The highest BCUT2D eigenvalue weighted by Crippen LogP contribution is 2.29. The Morgan fingerprint density at radius 2 is 2.13 bits per heavy atom. The molecular weight excluding hydrogens is 396 g/mol. The smallest absolute Gasteiger partial charge is 0.231 e. The quantitative estimate of drug-likeness (QED) is 0.470. The van der Waals surface area contributed by atoms with E-state index in [4.69, 9.17) is 14.5 Å². The Kier molecular flexibility index (Phi) is 4.91. The highest BCUT2D eigenvalue weighted by molar-refractivity contribution is 5.87. The van der Waals surface area contributed by atoms with Crippen molar-refractivity contribution in [2.45, 2.75) is 13.5 Å². The maximum atomic E-state index is 5.60. The first-order chi connectivity index (χ1) is 15.1. The van der Waals surface area contributed by atoms with Gasteiger partial charge in [0.15, 0.2) is 5.65 Å². The first-order valence-electron chi connectivity index (χ1n) is 10.1. The van der Waals surface area contributed by atoms with Crippen LogP contribution in [0.3, 0.4) is 0 Å². The van der Waals surface area contributed by atoms with E-state index in [1.54, 1.807) is 19.6 Å². The van der Waals surface area contributed by atoms with E-state index >= 15 is 0 Å². The summed E-state index contributed by atoms with van der Waals surface area (Å²) in [7, 11) is 3.49. The third kappa shape index (κ3) is 3.66. The molecule has 0 saturated carbocycles. The predicted octanol–water partition coefficient (Wildman–Crippen LogP) is 2.76. The van der Waals surface area contributed by atoms with Gasteiger partial charge in [-0.15, -0.1) is 0 Å². The van der Waals surface area contributed by atoms with Crippen molar-refractivity contribution < 1.29 is 9.47 Å². The molecule has 4 aromatic rings. The van der Waals surface area contributed by atoms with Gasteiger partial charge in [-0.3, -0.25) is 0 Å². The molecule has 31 heavy (non-hydrogen) atoms. The van der Waals surface area contributed by atoms with Crippen LogP contribution in [0, 0.1) is 12.8 Å². The lowest BCUT2D eigenvalue weighted by Crippen LogP contribution is -2.31. The zero-order chi connectivity index (χ0) is 21.4. The number of anilines is 3. The molecule has 4 heterocycles. The lowest BCUT2D eigenvalue weighted by Gasteiger charge is -2.25. The van der Waals surface area contributed by atoms with Crippen LogP contribution in [0.5, 0.6) is 5.75 Å². The molecule has 1 saturated heterocycles. The molecule has 10 heteroatoms. The number of imidazole rings is 1. The lowest BCUT2D eigenvalue weighted by atomic mass is 10.1. The molecule has 0 radical (unpaired) electrons. The van der Waals surface area contributed by atoms with Crippen molar-refractivity contribution in [1.29, 1.82) is 0 Å². The van der Waals surface area contributed by atoms with Crippen molar-refractivity contribution in [1.82, 2.24) is 29.3 Å². The van der Waals surface area contributed by atoms with Gasteiger partial charge in [-0.2, -0.15) is 15.1 Å². The van der Waals surface area contributed by atoms with E-state index < -0.39 is 0 Å². The summed E-state index contributed by atoms with van der Waals surface area (Å²) in [6.07, 6.45) is 5.52. The minimum absolute atomic E-state index is 0.469. The molecule has 0 aliphatic carbocycles. The molecular formula is C21H24N8O2. The number of hydrogen-bond donors (Lipinski definition) is 2. The fourth-order valence-electron chi connectivity index (χ4n) is 3.62. The Balaban J connectivity index is 1.47. The summed E-state index contributed by atoms with van der Waals surface area (Å²) in [6, 6.07) is 5.85. The van der Waals surface area contributed by atoms with Crippen LogP contribution < -0.4 is 15.4 Å². The van der Waals surface area contributed by atoms with Gasteiger partial charge in [0.25, 0.3) is 0 Å². The minimum Gasteiger partial charge on any atom is -0.494 e. The molecule has 5 rings (SSSR count). The Hall–Kier alpha value is -3.66. The van der Waals surface area contributed by atoms with Crippen molar-refractivity contribution in [3.8, 4) is 11.4 Å². The summed E-state index contributed by atoms with van der Waals surface area (Å²) in [5.74, 6) is 2.39. The van der Waals surface area contributed by atoms with Crippen molar-refractivity contribution in [3.05, 3.63) is 42.6 Å². The van der Waals surface area contributed by atoms with Crippen LogP contribution in [0.1, 0.15) is 5.69 Å². The molecule has 3 aromatic heterocycles.